The van der Waals surface area contributed by atoms with Gasteiger partial charge in [0.25, 0.3) is 5.91 Å². The van der Waals surface area contributed by atoms with Gasteiger partial charge in [-0.1, -0.05) is 36.4 Å². The molecule has 1 amide bonds. The summed E-state index contributed by atoms with van der Waals surface area (Å²) in [4.78, 5) is 35.7. The number of hydrogen-bond donors (Lipinski definition) is 2. The number of hydrogen-bond acceptors (Lipinski definition) is 6. The van der Waals surface area contributed by atoms with Crippen molar-refractivity contribution < 1.29 is 33.7 Å². The summed E-state index contributed by atoms with van der Waals surface area (Å²) < 4.78 is 16.7. The zero-order valence-electron chi connectivity index (χ0n) is 20.8. The van der Waals surface area contributed by atoms with Crippen LogP contribution in [0.25, 0.3) is 0 Å². The quantitative estimate of drug-likeness (QED) is 0.385. The molecule has 0 aliphatic rings. The van der Waals surface area contributed by atoms with E-state index in [-0.39, 0.29) is 19.1 Å². The van der Waals surface area contributed by atoms with Gasteiger partial charge in [-0.25, -0.2) is 4.79 Å². The Bertz CT molecular complexity index is 986. The fourth-order valence-electron chi connectivity index (χ4n) is 2.98. The third kappa shape index (κ3) is 10.2. The molecule has 190 valence electrons. The van der Waals surface area contributed by atoms with Crippen LogP contribution in [0.1, 0.15) is 56.5 Å². The van der Waals surface area contributed by atoms with Gasteiger partial charge in [0.15, 0.2) is 6.61 Å². The van der Waals surface area contributed by atoms with Gasteiger partial charge in [0, 0.05) is 13.2 Å². The van der Waals surface area contributed by atoms with Crippen LogP contribution in [0.5, 0.6) is 5.75 Å². The average molecular weight is 486 g/mol. The van der Waals surface area contributed by atoms with Crippen LogP contribution in [-0.4, -0.2) is 48.3 Å². The molecule has 0 bridgehead atoms. The van der Waals surface area contributed by atoms with E-state index in [0.29, 0.717) is 37.3 Å². The van der Waals surface area contributed by atoms with Crippen molar-refractivity contribution in [3.63, 3.8) is 0 Å². The molecular weight excluding hydrogens is 450 g/mol. The van der Waals surface area contributed by atoms with Gasteiger partial charge in [0.2, 0.25) is 0 Å². The number of nitrogens with one attached hydrogen (secondary N) is 1. The normalized spacial score (nSPS) is 11.5. The monoisotopic (exact) mass is 485 g/mol. The summed E-state index contributed by atoms with van der Waals surface area (Å²) in [5, 5.41) is 12.0. The predicted molar refractivity (Wildman–Crippen MR) is 131 cm³/mol. The van der Waals surface area contributed by atoms with Gasteiger partial charge in [0.1, 0.15) is 12.4 Å². The summed E-state index contributed by atoms with van der Waals surface area (Å²) >= 11 is 0. The number of rotatable bonds is 14. The van der Waals surface area contributed by atoms with Crippen LogP contribution >= 0.6 is 0 Å². The van der Waals surface area contributed by atoms with E-state index in [1.807, 2.05) is 44.2 Å². The standard InChI is InChI=1S/C27H35NO7/c1-26(2,25(31)32)14-16-35-27(3,4)13-15-28-23(29)19-33-22-12-8-11-21(17-22)24(30)34-18-20-9-6-5-7-10-20/h5-12,17H,13-16,18-19H2,1-4H3,(H,28,29)(H,31,32). The number of aliphatic carboxylic acids is 1. The Labute approximate surface area is 206 Å². The number of carbonyl (C=O) groups excluding carboxylic acids is 2. The topological polar surface area (TPSA) is 111 Å². The van der Waals surface area contributed by atoms with E-state index in [0.717, 1.165) is 5.56 Å². The van der Waals surface area contributed by atoms with E-state index in [4.69, 9.17) is 14.2 Å². The van der Waals surface area contributed by atoms with Crippen molar-refractivity contribution in [2.75, 3.05) is 19.8 Å². The van der Waals surface area contributed by atoms with Crippen molar-refractivity contribution in [1.29, 1.82) is 0 Å². The van der Waals surface area contributed by atoms with Crippen LogP contribution in [-0.2, 0) is 25.7 Å². The van der Waals surface area contributed by atoms with Crippen LogP contribution in [0.4, 0.5) is 0 Å². The first kappa shape index (κ1) is 27.9. The zero-order chi connectivity index (χ0) is 25.9. The van der Waals surface area contributed by atoms with Crippen molar-refractivity contribution >= 4 is 17.8 Å². The summed E-state index contributed by atoms with van der Waals surface area (Å²) in [7, 11) is 0. The van der Waals surface area contributed by atoms with E-state index in [1.165, 1.54) is 6.07 Å². The van der Waals surface area contributed by atoms with E-state index >= 15 is 0 Å². The van der Waals surface area contributed by atoms with Gasteiger partial charge in [0.05, 0.1) is 16.6 Å². The molecule has 35 heavy (non-hydrogen) atoms. The minimum atomic E-state index is -0.860. The second kappa shape index (κ2) is 12.9. The average Bonchev–Trinajstić information content (AvgIpc) is 2.81. The molecule has 2 N–H and O–H groups in total. The minimum absolute atomic E-state index is 0.171. The number of ether oxygens (including phenoxy) is 3. The SMILES string of the molecule is CC(C)(CCNC(=O)COc1cccc(C(=O)OCc2ccccc2)c1)OCCC(C)(C)C(=O)O. The largest absolute Gasteiger partial charge is 0.484 e. The predicted octanol–water partition coefficient (Wildman–Crippen LogP) is 4.22. The molecule has 0 unspecified atom stereocenters. The molecule has 2 rings (SSSR count). The first-order valence-electron chi connectivity index (χ1n) is 11.6. The lowest BCUT2D eigenvalue weighted by atomic mass is 9.90. The molecule has 0 aliphatic heterocycles. The molecule has 8 nitrogen and oxygen atoms in total. The summed E-state index contributed by atoms with van der Waals surface area (Å²) in [6, 6.07) is 15.9. The molecular formula is C27H35NO7. The lowest BCUT2D eigenvalue weighted by Crippen LogP contribution is -2.36. The third-order valence-corrected chi connectivity index (χ3v) is 5.50. The molecule has 0 saturated heterocycles. The van der Waals surface area contributed by atoms with Gasteiger partial charge in [-0.2, -0.15) is 0 Å². The fraction of sp³-hybridized carbons (Fsp3) is 0.444. The summed E-state index contributed by atoms with van der Waals surface area (Å²) in [5.41, 5.74) is -0.138. The lowest BCUT2D eigenvalue weighted by Gasteiger charge is -2.27. The molecule has 0 aliphatic carbocycles. The van der Waals surface area contributed by atoms with Crippen molar-refractivity contribution in [3.05, 3.63) is 65.7 Å². The van der Waals surface area contributed by atoms with Crippen LogP contribution in [0.2, 0.25) is 0 Å². The zero-order valence-corrected chi connectivity index (χ0v) is 20.8. The van der Waals surface area contributed by atoms with Crippen LogP contribution in [0, 0.1) is 5.41 Å². The Balaban J connectivity index is 1.71. The van der Waals surface area contributed by atoms with Gasteiger partial charge in [-0.15, -0.1) is 0 Å². The molecule has 8 heteroatoms. The highest BCUT2D eigenvalue weighted by Crippen LogP contribution is 2.23. The Hall–Kier alpha value is -3.39. The Morgan fingerprint density at radius 3 is 2.34 bits per heavy atom. The molecule has 2 aromatic carbocycles. The highest BCUT2D eigenvalue weighted by atomic mass is 16.5. The van der Waals surface area contributed by atoms with Crippen molar-refractivity contribution in [2.24, 2.45) is 5.41 Å². The Morgan fingerprint density at radius 1 is 0.943 bits per heavy atom. The molecule has 0 fully saturated rings. The number of carboxylic acids is 1. The fourth-order valence-corrected chi connectivity index (χ4v) is 2.98. The maximum atomic E-state index is 12.3. The summed E-state index contributed by atoms with van der Waals surface area (Å²) in [5.74, 6) is -1.25. The molecule has 2 aromatic rings. The van der Waals surface area contributed by atoms with Crippen LogP contribution < -0.4 is 10.1 Å². The minimum Gasteiger partial charge on any atom is -0.484 e. The molecule has 0 spiro atoms. The second-order valence-corrected chi connectivity index (χ2v) is 9.53. The number of benzene rings is 2. The third-order valence-electron chi connectivity index (χ3n) is 5.50. The smallest absolute Gasteiger partial charge is 0.338 e. The highest BCUT2D eigenvalue weighted by Gasteiger charge is 2.28. The Morgan fingerprint density at radius 2 is 1.66 bits per heavy atom. The van der Waals surface area contributed by atoms with Gasteiger partial charge < -0.3 is 24.6 Å². The maximum absolute atomic E-state index is 12.3. The molecule has 0 heterocycles. The van der Waals surface area contributed by atoms with Gasteiger partial charge >= 0.3 is 11.9 Å². The molecule has 0 aromatic heterocycles. The van der Waals surface area contributed by atoms with E-state index < -0.39 is 23.0 Å². The first-order valence-corrected chi connectivity index (χ1v) is 11.6. The lowest BCUT2D eigenvalue weighted by molar-refractivity contribution is -0.149. The van der Waals surface area contributed by atoms with Crippen molar-refractivity contribution in [1.82, 2.24) is 5.32 Å². The maximum Gasteiger partial charge on any atom is 0.338 e. The van der Waals surface area contributed by atoms with Crippen molar-refractivity contribution in [2.45, 2.75) is 52.7 Å². The number of esters is 1. The number of carbonyl (C=O) groups is 3. The van der Waals surface area contributed by atoms with Crippen LogP contribution in [0.3, 0.4) is 0 Å². The van der Waals surface area contributed by atoms with E-state index in [9.17, 15) is 19.5 Å². The van der Waals surface area contributed by atoms with Crippen LogP contribution in [0.15, 0.2) is 54.6 Å². The number of carboxylic acid groups (broad SMARTS) is 1. The number of amides is 1. The highest BCUT2D eigenvalue weighted by molar-refractivity contribution is 5.89. The molecule has 0 saturated carbocycles. The molecule has 0 radical (unpaired) electrons. The second-order valence-electron chi connectivity index (χ2n) is 9.53. The van der Waals surface area contributed by atoms with Gasteiger partial charge in [-0.3, -0.25) is 9.59 Å². The Kier molecular flexibility index (Phi) is 10.3. The summed E-state index contributed by atoms with van der Waals surface area (Å²) in [6.45, 7) is 7.78. The van der Waals surface area contributed by atoms with Gasteiger partial charge in [-0.05, 0) is 64.3 Å². The summed E-state index contributed by atoms with van der Waals surface area (Å²) in [6.07, 6.45) is 0.944. The molecule has 0 atom stereocenters. The van der Waals surface area contributed by atoms with Crippen molar-refractivity contribution in [3.8, 4) is 5.75 Å². The van der Waals surface area contributed by atoms with E-state index in [1.54, 1.807) is 32.0 Å². The van der Waals surface area contributed by atoms with E-state index in [2.05, 4.69) is 5.32 Å². The first-order chi connectivity index (χ1) is 16.5.